The second-order valence-corrected chi connectivity index (χ2v) is 4.73. The van der Waals surface area contributed by atoms with Crippen molar-refractivity contribution in [3.05, 3.63) is 54.6 Å². The maximum Gasteiger partial charge on any atom is 0.123 e. The van der Waals surface area contributed by atoms with Crippen molar-refractivity contribution in [3.63, 3.8) is 0 Å². The van der Waals surface area contributed by atoms with Crippen LogP contribution in [0, 0.1) is 5.82 Å². The van der Waals surface area contributed by atoms with Crippen LogP contribution in [0.3, 0.4) is 0 Å². The molecule has 0 aliphatic heterocycles. The van der Waals surface area contributed by atoms with E-state index >= 15 is 0 Å². The van der Waals surface area contributed by atoms with Gasteiger partial charge in [0.05, 0.1) is 13.2 Å². The first-order chi connectivity index (χ1) is 10.8. The van der Waals surface area contributed by atoms with E-state index in [0.717, 1.165) is 16.8 Å². The van der Waals surface area contributed by atoms with Gasteiger partial charge in [-0.15, -0.1) is 0 Å². The Kier molecular flexibility index (Phi) is 4.20. The number of benzene rings is 1. The fourth-order valence-corrected chi connectivity index (χ4v) is 2.13. The van der Waals surface area contributed by atoms with Crippen LogP contribution in [0.15, 0.2) is 48.8 Å². The summed E-state index contributed by atoms with van der Waals surface area (Å²) in [5, 5.41) is 9.03. The smallest absolute Gasteiger partial charge is 0.123 e. The van der Waals surface area contributed by atoms with Crippen LogP contribution in [-0.4, -0.2) is 33.7 Å². The molecule has 0 bridgehead atoms. The molecule has 3 rings (SSSR count). The summed E-state index contributed by atoms with van der Waals surface area (Å²) in [5.41, 5.74) is 3.18. The molecule has 0 saturated heterocycles. The third-order valence-electron chi connectivity index (χ3n) is 3.22. The summed E-state index contributed by atoms with van der Waals surface area (Å²) in [7, 11) is 1.63. The zero-order valence-corrected chi connectivity index (χ0v) is 12.1. The highest BCUT2D eigenvalue weighted by Gasteiger charge is 2.15. The van der Waals surface area contributed by atoms with E-state index in [-0.39, 0.29) is 5.82 Å². The first kappa shape index (κ1) is 14.3. The van der Waals surface area contributed by atoms with Gasteiger partial charge in [-0.05, 0) is 36.4 Å². The molecule has 1 aromatic carbocycles. The number of pyridine rings is 1. The van der Waals surface area contributed by atoms with Crippen LogP contribution in [-0.2, 0) is 11.3 Å². The molecule has 0 radical (unpaired) electrons. The number of hydrogen-bond acceptors (Lipinski definition) is 4. The Hall–Kier alpha value is -2.60. The molecule has 2 heterocycles. The van der Waals surface area contributed by atoms with Gasteiger partial charge in [0.2, 0.25) is 0 Å². The van der Waals surface area contributed by atoms with E-state index in [2.05, 4.69) is 15.2 Å². The average molecular weight is 298 g/mol. The third-order valence-corrected chi connectivity index (χ3v) is 3.22. The molecule has 22 heavy (non-hydrogen) atoms. The van der Waals surface area contributed by atoms with Gasteiger partial charge in [-0.1, -0.05) is 0 Å². The van der Waals surface area contributed by atoms with Gasteiger partial charge in [0.1, 0.15) is 17.2 Å². The summed E-state index contributed by atoms with van der Waals surface area (Å²) < 4.78 is 18.2. The van der Waals surface area contributed by atoms with Gasteiger partial charge in [0.15, 0.2) is 0 Å². The molecular formula is C16H15FN4O. The zero-order chi connectivity index (χ0) is 15.4. The Bertz CT molecular complexity index is 741. The lowest BCUT2D eigenvalue weighted by atomic mass is 10.1. The quantitative estimate of drug-likeness (QED) is 0.727. The monoisotopic (exact) mass is 298 g/mol. The van der Waals surface area contributed by atoms with Gasteiger partial charge in [0.25, 0.3) is 0 Å². The molecule has 0 saturated carbocycles. The fourth-order valence-electron chi connectivity index (χ4n) is 2.13. The Morgan fingerprint density at radius 2 is 1.55 bits per heavy atom. The maximum atomic E-state index is 13.1. The van der Waals surface area contributed by atoms with Crippen molar-refractivity contribution in [2.75, 3.05) is 13.7 Å². The summed E-state index contributed by atoms with van der Waals surface area (Å²) in [6.45, 7) is 1.07. The highest BCUT2D eigenvalue weighted by molar-refractivity contribution is 5.77. The fraction of sp³-hybridized carbons (Fsp3) is 0.188. The largest absolute Gasteiger partial charge is 0.383 e. The molecule has 0 amide bonds. The van der Waals surface area contributed by atoms with Crippen LogP contribution in [0.1, 0.15) is 0 Å². The Balaban J connectivity index is 2.06. The van der Waals surface area contributed by atoms with E-state index in [1.54, 1.807) is 36.4 Å². The molecule has 5 nitrogen and oxygen atoms in total. The maximum absolute atomic E-state index is 13.1. The summed E-state index contributed by atoms with van der Waals surface area (Å²) in [5.74, 6) is -0.277. The van der Waals surface area contributed by atoms with Crippen LogP contribution >= 0.6 is 0 Å². The van der Waals surface area contributed by atoms with E-state index in [4.69, 9.17) is 4.74 Å². The van der Waals surface area contributed by atoms with E-state index in [9.17, 15) is 4.39 Å². The van der Waals surface area contributed by atoms with Gasteiger partial charge in [0, 0.05) is 30.6 Å². The van der Waals surface area contributed by atoms with E-state index in [0.29, 0.717) is 18.8 Å². The van der Waals surface area contributed by atoms with Crippen molar-refractivity contribution in [1.82, 2.24) is 20.0 Å². The third kappa shape index (κ3) is 3.01. The van der Waals surface area contributed by atoms with Crippen molar-refractivity contribution in [1.29, 1.82) is 0 Å². The number of ether oxygens (including phenoxy) is 1. The molecule has 0 aliphatic carbocycles. The highest BCUT2D eigenvalue weighted by Crippen LogP contribution is 2.28. The number of aromatic nitrogens is 4. The second-order valence-electron chi connectivity index (χ2n) is 4.73. The molecule has 0 unspecified atom stereocenters. The normalized spacial score (nSPS) is 10.8. The molecule has 0 atom stereocenters. The first-order valence-corrected chi connectivity index (χ1v) is 6.88. The molecule has 0 spiro atoms. The first-order valence-electron chi connectivity index (χ1n) is 6.88. The lowest BCUT2D eigenvalue weighted by molar-refractivity contribution is 0.179. The molecule has 112 valence electrons. The van der Waals surface area contributed by atoms with Crippen molar-refractivity contribution in [3.8, 4) is 22.5 Å². The molecule has 6 heteroatoms. The molecule has 0 aliphatic rings. The number of methoxy groups -OCH3 is 1. The van der Waals surface area contributed by atoms with Gasteiger partial charge >= 0.3 is 0 Å². The van der Waals surface area contributed by atoms with Crippen LogP contribution in [0.25, 0.3) is 22.5 Å². The average Bonchev–Trinajstić information content (AvgIpc) is 2.98. The van der Waals surface area contributed by atoms with Crippen LogP contribution < -0.4 is 0 Å². The van der Waals surface area contributed by atoms with Crippen LogP contribution in [0.5, 0.6) is 0 Å². The van der Waals surface area contributed by atoms with E-state index < -0.39 is 0 Å². The second kappa shape index (κ2) is 6.44. The Labute approximate surface area is 127 Å². The lowest BCUT2D eigenvalue weighted by Crippen LogP contribution is -2.07. The Morgan fingerprint density at radius 3 is 2.14 bits per heavy atom. The zero-order valence-electron chi connectivity index (χ0n) is 12.1. The van der Waals surface area contributed by atoms with Gasteiger partial charge in [-0.3, -0.25) is 4.98 Å². The summed E-state index contributed by atoms with van der Waals surface area (Å²) in [4.78, 5) is 5.61. The summed E-state index contributed by atoms with van der Waals surface area (Å²) >= 11 is 0. The topological polar surface area (TPSA) is 52.8 Å². The predicted octanol–water partition coefficient (Wildman–Crippen LogP) is 2.79. The molecular weight excluding hydrogens is 283 g/mol. The van der Waals surface area contributed by atoms with Crippen LogP contribution in [0.2, 0.25) is 0 Å². The summed E-state index contributed by atoms with van der Waals surface area (Å²) in [6.07, 6.45) is 3.41. The van der Waals surface area contributed by atoms with Gasteiger partial charge in [-0.25, -0.2) is 4.39 Å². The van der Waals surface area contributed by atoms with E-state index in [1.807, 2.05) is 12.1 Å². The van der Waals surface area contributed by atoms with Crippen molar-refractivity contribution >= 4 is 0 Å². The predicted molar refractivity (Wildman–Crippen MR) is 80.5 cm³/mol. The SMILES string of the molecule is COCCn1nc(-c2ccncc2)c(-c2ccc(F)cc2)n1. The summed E-state index contributed by atoms with van der Waals surface area (Å²) in [6, 6.07) is 9.98. The van der Waals surface area contributed by atoms with Crippen molar-refractivity contribution in [2.45, 2.75) is 6.54 Å². The number of hydrogen-bond donors (Lipinski definition) is 0. The van der Waals surface area contributed by atoms with Gasteiger partial charge < -0.3 is 4.74 Å². The van der Waals surface area contributed by atoms with Crippen molar-refractivity contribution in [2.24, 2.45) is 0 Å². The number of nitrogens with zero attached hydrogens (tertiary/aromatic N) is 4. The molecule has 3 aromatic rings. The number of rotatable bonds is 5. The van der Waals surface area contributed by atoms with E-state index in [1.165, 1.54) is 12.1 Å². The lowest BCUT2D eigenvalue weighted by Gasteiger charge is -2.00. The molecule has 2 aromatic heterocycles. The minimum absolute atomic E-state index is 0.277. The van der Waals surface area contributed by atoms with Gasteiger partial charge in [-0.2, -0.15) is 15.0 Å². The highest BCUT2D eigenvalue weighted by atomic mass is 19.1. The minimum atomic E-state index is -0.277. The molecule has 0 fully saturated rings. The van der Waals surface area contributed by atoms with Crippen LogP contribution in [0.4, 0.5) is 4.39 Å². The van der Waals surface area contributed by atoms with Crippen molar-refractivity contribution < 1.29 is 9.13 Å². The minimum Gasteiger partial charge on any atom is -0.383 e. The Morgan fingerprint density at radius 1 is 0.955 bits per heavy atom. The standard InChI is InChI=1S/C16H15FN4O/c1-22-11-10-21-19-15(12-2-4-14(17)5-3-12)16(20-21)13-6-8-18-9-7-13/h2-9H,10-11H2,1H3. The number of halogens is 1. The molecule has 0 N–H and O–H groups in total.